The number of nitrogens with zero attached hydrogens (tertiary/aromatic N) is 2. The smallest absolute Gasteiger partial charge is 0.194 e. The van der Waals surface area contributed by atoms with Crippen LogP contribution >= 0.6 is 23.2 Å². The molecule has 1 heterocycles. The van der Waals surface area contributed by atoms with Crippen LogP contribution in [0.3, 0.4) is 0 Å². The van der Waals surface area contributed by atoms with E-state index in [4.69, 9.17) is 23.2 Å². The number of rotatable bonds is 4. The normalized spacial score (nSPS) is 16.3. The Hall–Kier alpha value is -1.39. The fourth-order valence-corrected chi connectivity index (χ4v) is 3.32. The van der Waals surface area contributed by atoms with Gasteiger partial charge in [0.1, 0.15) is 0 Å². The largest absolute Gasteiger partial charge is 0.304 e. The van der Waals surface area contributed by atoms with Gasteiger partial charge in [-0.3, -0.25) is 9.69 Å². The van der Waals surface area contributed by atoms with Crippen LogP contribution in [-0.4, -0.2) is 48.8 Å². The summed E-state index contributed by atoms with van der Waals surface area (Å²) in [4.78, 5) is 17.7. The molecule has 0 bridgehead atoms. The van der Waals surface area contributed by atoms with E-state index in [-0.39, 0.29) is 5.78 Å². The molecule has 0 saturated carbocycles. The molecule has 1 aliphatic heterocycles. The minimum Gasteiger partial charge on any atom is -0.304 e. The summed E-state index contributed by atoms with van der Waals surface area (Å²) >= 11 is 12.2. The van der Waals surface area contributed by atoms with Crippen LogP contribution in [0.5, 0.6) is 0 Å². The fraction of sp³-hybridized carbons (Fsp3) is 0.316. The zero-order valence-corrected chi connectivity index (χ0v) is 15.1. The van der Waals surface area contributed by atoms with Crippen LogP contribution in [0.1, 0.15) is 21.5 Å². The molecule has 3 nitrogen and oxygen atoms in total. The van der Waals surface area contributed by atoms with E-state index >= 15 is 0 Å². The molecule has 0 spiro atoms. The van der Waals surface area contributed by atoms with Crippen molar-refractivity contribution in [1.82, 2.24) is 9.80 Å². The maximum Gasteiger partial charge on any atom is 0.194 e. The van der Waals surface area contributed by atoms with Crippen LogP contribution in [0.25, 0.3) is 0 Å². The SMILES string of the molecule is CN1CCN(Cc2ccccc2C(=O)c2cc(Cl)ccc2Cl)CC1. The molecule has 24 heavy (non-hydrogen) atoms. The summed E-state index contributed by atoms with van der Waals surface area (Å²) in [5.74, 6) is -0.0766. The molecule has 0 unspecified atom stereocenters. The van der Waals surface area contributed by atoms with Gasteiger partial charge in [-0.2, -0.15) is 0 Å². The number of carbonyl (C=O) groups is 1. The van der Waals surface area contributed by atoms with Crippen LogP contribution in [-0.2, 0) is 6.54 Å². The topological polar surface area (TPSA) is 23.6 Å². The molecule has 5 heteroatoms. The molecule has 2 aromatic carbocycles. The first-order valence-corrected chi connectivity index (χ1v) is 8.79. The second-order valence-electron chi connectivity index (χ2n) is 6.19. The van der Waals surface area contributed by atoms with E-state index in [9.17, 15) is 4.79 Å². The number of halogens is 2. The number of likely N-dealkylation sites (N-methyl/N-ethyl adjacent to an activating group) is 1. The fourth-order valence-electron chi connectivity index (χ4n) is 2.94. The Morgan fingerprint density at radius 3 is 2.46 bits per heavy atom. The molecule has 0 radical (unpaired) electrons. The summed E-state index contributed by atoms with van der Waals surface area (Å²) < 4.78 is 0. The Bertz CT molecular complexity index is 740. The number of carbonyl (C=O) groups excluding carboxylic acids is 1. The number of ketones is 1. The Balaban J connectivity index is 1.86. The molecule has 0 atom stereocenters. The highest BCUT2D eigenvalue weighted by atomic mass is 35.5. The first-order chi connectivity index (χ1) is 11.5. The van der Waals surface area contributed by atoms with Gasteiger partial charge in [-0.05, 0) is 30.8 Å². The average Bonchev–Trinajstić information content (AvgIpc) is 2.59. The van der Waals surface area contributed by atoms with Crippen molar-refractivity contribution < 1.29 is 4.79 Å². The van der Waals surface area contributed by atoms with E-state index in [0.717, 1.165) is 38.3 Å². The number of benzene rings is 2. The number of hydrogen-bond acceptors (Lipinski definition) is 3. The molecule has 3 rings (SSSR count). The monoisotopic (exact) mass is 362 g/mol. The summed E-state index contributed by atoms with van der Waals surface area (Å²) in [5.41, 5.74) is 2.18. The predicted octanol–water partition coefficient (Wildman–Crippen LogP) is 3.97. The van der Waals surface area contributed by atoms with Gasteiger partial charge in [0.05, 0.1) is 5.02 Å². The van der Waals surface area contributed by atoms with Crippen molar-refractivity contribution in [3.63, 3.8) is 0 Å². The van der Waals surface area contributed by atoms with Crippen molar-refractivity contribution in [2.75, 3.05) is 33.2 Å². The minimum absolute atomic E-state index is 0.0766. The molecule has 126 valence electrons. The van der Waals surface area contributed by atoms with Crippen molar-refractivity contribution >= 4 is 29.0 Å². The summed E-state index contributed by atoms with van der Waals surface area (Å²) in [5, 5.41) is 0.943. The molecule has 1 aliphatic rings. The lowest BCUT2D eigenvalue weighted by atomic mass is 9.98. The van der Waals surface area contributed by atoms with Crippen LogP contribution in [0.15, 0.2) is 42.5 Å². The standard InChI is InChI=1S/C19H20Cl2N2O/c1-22-8-10-23(11-9-22)13-14-4-2-3-5-16(14)19(24)17-12-15(20)6-7-18(17)21/h2-7,12H,8-11,13H2,1H3. The summed E-state index contributed by atoms with van der Waals surface area (Å²) in [7, 11) is 2.13. The predicted molar refractivity (Wildman–Crippen MR) is 99.1 cm³/mol. The first-order valence-electron chi connectivity index (χ1n) is 8.03. The maximum atomic E-state index is 13.0. The lowest BCUT2D eigenvalue weighted by Crippen LogP contribution is -2.44. The molecule has 1 saturated heterocycles. The maximum absolute atomic E-state index is 13.0. The van der Waals surface area contributed by atoms with E-state index in [1.54, 1.807) is 18.2 Å². The Labute approximate surface area is 152 Å². The number of hydrogen-bond donors (Lipinski definition) is 0. The average molecular weight is 363 g/mol. The second kappa shape index (κ2) is 7.66. The van der Waals surface area contributed by atoms with Gasteiger partial charge in [0, 0.05) is 48.9 Å². The Morgan fingerprint density at radius 2 is 1.71 bits per heavy atom. The van der Waals surface area contributed by atoms with Crippen LogP contribution in [0.2, 0.25) is 10.0 Å². The molecule has 0 aromatic heterocycles. The molecular weight excluding hydrogens is 343 g/mol. The van der Waals surface area contributed by atoms with Gasteiger partial charge >= 0.3 is 0 Å². The van der Waals surface area contributed by atoms with E-state index in [0.29, 0.717) is 21.2 Å². The lowest BCUT2D eigenvalue weighted by molar-refractivity contribution is 0.103. The van der Waals surface area contributed by atoms with Crippen molar-refractivity contribution in [2.24, 2.45) is 0 Å². The third-order valence-corrected chi connectivity index (χ3v) is 4.99. The summed E-state index contributed by atoms with van der Waals surface area (Å²) in [6, 6.07) is 12.7. The van der Waals surface area contributed by atoms with E-state index in [1.807, 2.05) is 24.3 Å². The van der Waals surface area contributed by atoms with Crippen LogP contribution in [0, 0.1) is 0 Å². The minimum atomic E-state index is -0.0766. The van der Waals surface area contributed by atoms with Crippen molar-refractivity contribution in [1.29, 1.82) is 0 Å². The molecular formula is C19H20Cl2N2O. The van der Waals surface area contributed by atoms with Gasteiger partial charge in [0.25, 0.3) is 0 Å². The van der Waals surface area contributed by atoms with Gasteiger partial charge in [0.2, 0.25) is 0 Å². The van der Waals surface area contributed by atoms with Gasteiger partial charge in [0.15, 0.2) is 5.78 Å². The van der Waals surface area contributed by atoms with Crippen molar-refractivity contribution in [3.05, 3.63) is 69.2 Å². The Morgan fingerprint density at radius 1 is 1.00 bits per heavy atom. The van der Waals surface area contributed by atoms with Gasteiger partial charge < -0.3 is 4.90 Å². The molecule has 2 aromatic rings. The zero-order chi connectivity index (χ0) is 17.1. The zero-order valence-electron chi connectivity index (χ0n) is 13.6. The van der Waals surface area contributed by atoms with Crippen LogP contribution < -0.4 is 0 Å². The third-order valence-electron chi connectivity index (χ3n) is 4.42. The van der Waals surface area contributed by atoms with Crippen LogP contribution in [0.4, 0.5) is 0 Å². The Kier molecular flexibility index (Phi) is 5.57. The third kappa shape index (κ3) is 3.98. The molecule has 0 amide bonds. The van der Waals surface area contributed by atoms with Gasteiger partial charge in [-0.15, -0.1) is 0 Å². The van der Waals surface area contributed by atoms with Crippen molar-refractivity contribution in [2.45, 2.75) is 6.54 Å². The molecule has 1 fully saturated rings. The van der Waals surface area contributed by atoms with Gasteiger partial charge in [-0.1, -0.05) is 47.5 Å². The van der Waals surface area contributed by atoms with E-state index < -0.39 is 0 Å². The highest BCUT2D eigenvalue weighted by Crippen LogP contribution is 2.25. The van der Waals surface area contributed by atoms with E-state index in [1.165, 1.54) is 0 Å². The quantitative estimate of drug-likeness (QED) is 0.768. The highest BCUT2D eigenvalue weighted by Gasteiger charge is 2.19. The first kappa shape index (κ1) is 17.4. The number of piperazine rings is 1. The summed E-state index contributed by atoms with van der Waals surface area (Å²) in [6.07, 6.45) is 0. The van der Waals surface area contributed by atoms with E-state index in [2.05, 4.69) is 16.8 Å². The van der Waals surface area contributed by atoms with Gasteiger partial charge in [-0.25, -0.2) is 0 Å². The molecule has 0 N–H and O–H groups in total. The van der Waals surface area contributed by atoms with Crippen molar-refractivity contribution in [3.8, 4) is 0 Å². The summed E-state index contributed by atoms with van der Waals surface area (Å²) in [6.45, 7) is 4.90. The lowest BCUT2D eigenvalue weighted by Gasteiger charge is -2.32. The highest BCUT2D eigenvalue weighted by molar-refractivity contribution is 6.36. The molecule has 0 aliphatic carbocycles. The second-order valence-corrected chi connectivity index (χ2v) is 7.03.